The molecule has 0 saturated carbocycles. The summed E-state index contributed by atoms with van der Waals surface area (Å²) < 4.78 is 32.1. The van der Waals surface area contributed by atoms with E-state index in [1.807, 2.05) is 6.92 Å². The van der Waals surface area contributed by atoms with Crippen LogP contribution in [0.2, 0.25) is 10.0 Å². The average Bonchev–Trinajstić information content (AvgIpc) is 2.51. The summed E-state index contributed by atoms with van der Waals surface area (Å²) in [4.78, 5) is 0.126. The van der Waals surface area contributed by atoms with Gasteiger partial charge in [-0.05, 0) is 36.2 Å². The van der Waals surface area contributed by atoms with Crippen LogP contribution in [0.15, 0.2) is 41.3 Å². The molecule has 0 heterocycles. The number of rotatable bonds is 5. The summed E-state index contributed by atoms with van der Waals surface area (Å²) in [5, 5.41) is 0.746. The first-order valence-corrected chi connectivity index (χ1v) is 9.01. The van der Waals surface area contributed by atoms with Crippen LogP contribution in [0.5, 0.6) is 5.75 Å². The lowest BCUT2D eigenvalue weighted by atomic mass is 10.2. The summed E-state index contributed by atoms with van der Waals surface area (Å²) in [7, 11) is -0.789. The van der Waals surface area contributed by atoms with E-state index in [0.717, 1.165) is 5.56 Å². The molecule has 2 aromatic rings. The van der Waals surface area contributed by atoms with Gasteiger partial charge in [-0.25, -0.2) is 8.42 Å². The number of hydrogen-bond acceptors (Lipinski definition) is 3. The summed E-state index contributed by atoms with van der Waals surface area (Å²) in [6, 6.07) is 10.2. The van der Waals surface area contributed by atoms with Crippen molar-refractivity contribution in [3.63, 3.8) is 0 Å². The third kappa shape index (κ3) is 3.80. The van der Waals surface area contributed by atoms with E-state index in [2.05, 4.69) is 0 Å². The maximum Gasteiger partial charge on any atom is 0.246 e. The predicted molar refractivity (Wildman–Crippen MR) is 92.8 cm³/mol. The molecule has 23 heavy (non-hydrogen) atoms. The topological polar surface area (TPSA) is 46.6 Å². The number of aryl methyl sites for hydroxylation is 1. The zero-order valence-electron chi connectivity index (χ0n) is 13.0. The number of methoxy groups -OCH3 is 1. The van der Waals surface area contributed by atoms with Gasteiger partial charge in [-0.1, -0.05) is 41.4 Å². The monoisotopic (exact) mass is 373 g/mol. The minimum absolute atomic E-state index is 0.110. The fourth-order valence-corrected chi connectivity index (χ4v) is 3.91. The number of hydrogen-bond donors (Lipinski definition) is 0. The third-order valence-corrected chi connectivity index (χ3v) is 6.11. The van der Waals surface area contributed by atoms with Crippen LogP contribution in [0.25, 0.3) is 0 Å². The van der Waals surface area contributed by atoms with E-state index >= 15 is 0 Å². The van der Waals surface area contributed by atoms with Gasteiger partial charge >= 0.3 is 0 Å². The van der Waals surface area contributed by atoms with Crippen molar-refractivity contribution in [1.29, 1.82) is 0 Å². The van der Waals surface area contributed by atoms with E-state index in [1.54, 1.807) is 36.4 Å². The minimum atomic E-state index is -3.73. The quantitative estimate of drug-likeness (QED) is 0.791. The molecule has 0 aliphatic rings. The second kappa shape index (κ2) is 7.09. The fraction of sp³-hybridized carbons (Fsp3) is 0.250. The van der Waals surface area contributed by atoms with E-state index in [4.69, 9.17) is 27.9 Å². The van der Waals surface area contributed by atoms with Crippen molar-refractivity contribution in [3.05, 3.63) is 57.6 Å². The number of benzene rings is 2. The number of ether oxygens (including phenoxy) is 1. The molecule has 0 N–H and O–H groups in total. The van der Waals surface area contributed by atoms with Gasteiger partial charge in [0.2, 0.25) is 10.0 Å². The van der Waals surface area contributed by atoms with Crippen LogP contribution in [-0.4, -0.2) is 26.9 Å². The lowest BCUT2D eigenvalue weighted by molar-refractivity contribution is 0.397. The van der Waals surface area contributed by atoms with E-state index in [1.165, 1.54) is 18.5 Å². The van der Waals surface area contributed by atoms with E-state index in [-0.39, 0.29) is 11.4 Å². The van der Waals surface area contributed by atoms with Gasteiger partial charge in [0.1, 0.15) is 10.6 Å². The van der Waals surface area contributed by atoms with Crippen LogP contribution in [0.3, 0.4) is 0 Å². The maximum absolute atomic E-state index is 12.8. The number of sulfonamides is 1. The molecule has 0 aliphatic carbocycles. The Morgan fingerprint density at radius 2 is 1.87 bits per heavy atom. The van der Waals surface area contributed by atoms with Gasteiger partial charge < -0.3 is 4.74 Å². The van der Waals surface area contributed by atoms with Crippen molar-refractivity contribution in [2.45, 2.75) is 18.4 Å². The third-order valence-electron chi connectivity index (χ3n) is 3.43. The highest BCUT2D eigenvalue weighted by molar-refractivity contribution is 7.89. The molecule has 0 bridgehead atoms. The first-order chi connectivity index (χ1) is 10.8. The first-order valence-electron chi connectivity index (χ1n) is 6.81. The summed E-state index contributed by atoms with van der Waals surface area (Å²) in [6.45, 7) is 1.94. The second-order valence-corrected chi connectivity index (χ2v) is 7.93. The van der Waals surface area contributed by atoms with Gasteiger partial charge in [0.05, 0.1) is 17.2 Å². The normalized spacial score (nSPS) is 11.7. The molecule has 0 radical (unpaired) electrons. The summed E-state index contributed by atoms with van der Waals surface area (Å²) in [5.41, 5.74) is 1.47. The summed E-state index contributed by atoms with van der Waals surface area (Å²) in [6.07, 6.45) is 0. The summed E-state index contributed by atoms with van der Waals surface area (Å²) >= 11 is 12.1. The van der Waals surface area contributed by atoms with Crippen molar-refractivity contribution < 1.29 is 13.2 Å². The molecular weight excluding hydrogens is 357 g/mol. The van der Waals surface area contributed by atoms with Gasteiger partial charge in [-0.3, -0.25) is 0 Å². The molecule has 0 atom stereocenters. The Kier molecular flexibility index (Phi) is 5.57. The fourth-order valence-electron chi connectivity index (χ4n) is 2.15. The van der Waals surface area contributed by atoms with Gasteiger partial charge in [-0.15, -0.1) is 0 Å². The van der Waals surface area contributed by atoms with Crippen LogP contribution < -0.4 is 4.74 Å². The molecule has 4 nitrogen and oxygen atoms in total. The number of nitrogens with zero attached hydrogens (tertiary/aromatic N) is 1. The van der Waals surface area contributed by atoms with Crippen molar-refractivity contribution in [2.75, 3.05) is 14.2 Å². The zero-order chi connectivity index (χ0) is 17.2. The van der Waals surface area contributed by atoms with Crippen molar-refractivity contribution >= 4 is 33.2 Å². The Bertz CT molecular complexity index is 822. The largest absolute Gasteiger partial charge is 0.495 e. The van der Waals surface area contributed by atoms with Crippen molar-refractivity contribution in [1.82, 2.24) is 4.31 Å². The molecule has 2 rings (SSSR count). The smallest absolute Gasteiger partial charge is 0.246 e. The Morgan fingerprint density at radius 1 is 1.17 bits per heavy atom. The lowest BCUT2D eigenvalue weighted by Crippen LogP contribution is -2.27. The minimum Gasteiger partial charge on any atom is -0.495 e. The second-order valence-electron chi connectivity index (χ2n) is 5.13. The van der Waals surface area contributed by atoms with Gasteiger partial charge in [0, 0.05) is 13.6 Å². The highest BCUT2D eigenvalue weighted by Gasteiger charge is 2.25. The summed E-state index contributed by atoms with van der Waals surface area (Å²) in [5.74, 6) is 0.305. The SMILES string of the molecule is COc1ccc(C)cc1S(=O)(=O)N(C)Cc1cccc(Cl)c1Cl. The maximum atomic E-state index is 12.8. The molecule has 0 spiro atoms. The highest BCUT2D eigenvalue weighted by atomic mass is 35.5. The standard InChI is InChI=1S/C16H17Cl2NO3S/c1-11-7-8-14(22-3)15(9-11)23(20,21)19(2)10-12-5-4-6-13(17)16(12)18/h4-9H,10H2,1-3H3. The van der Waals surface area contributed by atoms with Gasteiger partial charge in [0.25, 0.3) is 0 Å². The Labute approximate surface area is 146 Å². The molecule has 7 heteroatoms. The average molecular weight is 374 g/mol. The molecule has 2 aromatic carbocycles. The molecule has 0 fully saturated rings. The van der Waals surface area contributed by atoms with Crippen molar-refractivity contribution in [3.8, 4) is 5.75 Å². The van der Waals surface area contributed by atoms with Crippen LogP contribution in [0.4, 0.5) is 0 Å². The molecular formula is C16H17Cl2NO3S. The van der Waals surface area contributed by atoms with Crippen molar-refractivity contribution in [2.24, 2.45) is 0 Å². The number of halogens is 2. The van der Waals surface area contributed by atoms with Gasteiger partial charge in [0.15, 0.2) is 0 Å². The molecule has 0 amide bonds. The van der Waals surface area contributed by atoms with Crippen LogP contribution in [0.1, 0.15) is 11.1 Å². The van der Waals surface area contributed by atoms with Crippen LogP contribution in [0, 0.1) is 6.92 Å². The molecule has 0 unspecified atom stereocenters. The highest BCUT2D eigenvalue weighted by Crippen LogP contribution is 2.30. The molecule has 0 aliphatic heterocycles. The van der Waals surface area contributed by atoms with Crippen LogP contribution in [-0.2, 0) is 16.6 Å². The van der Waals surface area contributed by atoms with E-state index in [9.17, 15) is 8.42 Å². The van der Waals surface area contributed by atoms with Crippen LogP contribution >= 0.6 is 23.2 Å². The zero-order valence-corrected chi connectivity index (χ0v) is 15.3. The Morgan fingerprint density at radius 3 is 2.52 bits per heavy atom. The lowest BCUT2D eigenvalue weighted by Gasteiger charge is -2.20. The van der Waals surface area contributed by atoms with Gasteiger partial charge in [-0.2, -0.15) is 4.31 Å². The Hall–Kier alpha value is -1.27. The Balaban J connectivity index is 2.40. The van der Waals surface area contributed by atoms with E-state index < -0.39 is 10.0 Å². The molecule has 0 aromatic heterocycles. The predicted octanol–water partition coefficient (Wildman–Crippen LogP) is 4.13. The van der Waals surface area contributed by atoms with E-state index in [0.29, 0.717) is 21.4 Å². The molecule has 124 valence electrons. The molecule has 0 saturated heterocycles. The first kappa shape index (κ1) is 18.1.